The SMILES string of the molecule is COC1CC(O)CC(O)C12CO2. The fourth-order valence-electron chi connectivity index (χ4n) is 1.97. The van der Waals surface area contributed by atoms with Gasteiger partial charge in [0.05, 0.1) is 24.9 Å². The van der Waals surface area contributed by atoms with Crippen molar-refractivity contribution in [1.29, 1.82) is 0 Å². The summed E-state index contributed by atoms with van der Waals surface area (Å²) in [6.45, 7) is 0.555. The number of aliphatic hydroxyl groups is 2. The van der Waals surface area contributed by atoms with Crippen LogP contribution >= 0.6 is 0 Å². The maximum atomic E-state index is 9.61. The van der Waals surface area contributed by atoms with Crippen LogP contribution in [-0.4, -0.2) is 47.8 Å². The molecule has 2 N–H and O–H groups in total. The van der Waals surface area contributed by atoms with Gasteiger partial charge in [-0.15, -0.1) is 0 Å². The van der Waals surface area contributed by atoms with Crippen molar-refractivity contribution in [3.05, 3.63) is 0 Å². The summed E-state index contributed by atoms with van der Waals surface area (Å²) in [4.78, 5) is 0. The zero-order chi connectivity index (χ0) is 8.77. The first-order chi connectivity index (χ1) is 5.69. The standard InChI is InChI=1S/C8H14O4/c1-11-7-3-5(9)2-6(10)8(7)4-12-8/h5-7,9-10H,2-4H2,1H3. The van der Waals surface area contributed by atoms with Crippen molar-refractivity contribution in [2.24, 2.45) is 0 Å². The number of rotatable bonds is 1. The van der Waals surface area contributed by atoms with Gasteiger partial charge in [-0.2, -0.15) is 0 Å². The van der Waals surface area contributed by atoms with E-state index < -0.39 is 17.8 Å². The van der Waals surface area contributed by atoms with Crippen LogP contribution in [-0.2, 0) is 9.47 Å². The van der Waals surface area contributed by atoms with E-state index in [1.54, 1.807) is 7.11 Å². The zero-order valence-electron chi connectivity index (χ0n) is 7.06. The van der Waals surface area contributed by atoms with Crippen LogP contribution in [0, 0.1) is 0 Å². The molecule has 1 spiro atoms. The van der Waals surface area contributed by atoms with Crippen LogP contribution in [0.1, 0.15) is 12.8 Å². The third kappa shape index (κ3) is 1.07. The van der Waals surface area contributed by atoms with Crippen molar-refractivity contribution in [2.45, 2.75) is 36.8 Å². The van der Waals surface area contributed by atoms with Crippen LogP contribution < -0.4 is 0 Å². The Morgan fingerprint density at radius 3 is 2.58 bits per heavy atom. The molecule has 2 fully saturated rings. The smallest absolute Gasteiger partial charge is 0.143 e. The maximum absolute atomic E-state index is 9.61. The molecule has 4 unspecified atom stereocenters. The second-order valence-corrected chi connectivity index (χ2v) is 3.61. The largest absolute Gasteiger partial charge is 0.393 e. The molecule has 70 valence electrons. The molecule has 1 aliphatic carbocycles. The number of aliphatic hydroxyl groups excluding tert-OH is 2. The summed E-state index contributed by atoms with van der Waals surface area (Å²) < 4.78 is 10.4. The van der Waals surface area contributed by atoms with Gasteiger partial charge in [-0.05, 0) is 0 Å². The Hall–Kier alpha value is -0.160. The Bertz CT molecular complexity index is 178. The van der Waals surface area contributed by atoms with Gasteiger partial charge in [0, 0.05) is 20.0 Å². The Labute approximate surface area is 71.1 Å². The Balaban J connectivity index is 2.10. The molecule has 0 aromatic heterocycles. The molecule has 0 bridgehead atoms. The van der Waals surface area contributed by atoms with Crippen molar-refractivity contribution in [2.75, 3.05) is 13.7 Å². The van der Waals surface area contributed by atoms with Crippen LogP contribution in [0.4, 0.5) is 0 Å². The van der Waals surface area contributed by atoms with Gasteiger partial charge in [-0.1, -0.05) is 0 Å². The van der Waals surface area contributed by atoms with E-state index in [1.165, 1.54) is 0 Å². The minimum atomic E-state index is -0.578. The first kappa shape index (κ1) is 8.44. The summed E-state index contributed by atoms with van der Waals surface area (Å²) in [7, 11) is 1.58. The van der Waals surface area contributed by atoms with Gasteiger partial charge >= 0.3 is 0 Å². The molecule has 4 heteroatoms. The molecule has 12 heavy (non-hydrogen) atoms. The van der Waals surface area contributed by atoms with Gasteiger partial charge in [-0.3, -0.25) is 0 Å². The van der Waals surface area contributed by atoms with E-state index >= 15 is 0 Å². The molecule has 1 aliphatic heterocycles. The molecule has 2 aliphatic rings. The summed E-state index contributed by atoms with van der Waals surface area (Å²) in [5.74, 6) is 0. The van der Waals surface area contributed by atoms with Crippen LogP contribution in [0.25, 0.3) is 0 Å². The third-order valence-electron chi connectivity index (χ3n) is 2.85. The highest BCUT2D eigenvalue weighted by molar-refractivity contribution is 5.09. The monoisotopic (exact) mass is 174 g/mol. The van der Waals surface area contributed by atoms with Gasteiger partial charge in [-0.25, -0.2) is 0 Å². The highest BCUT2D eigenvalue weighted by Crippen LogP contribution is 2.43. The van der Waals surface area contributed by atoms with Crippen molar-refractivity contribution in [3.8, 4) is 0 Å². The van der Waals surface area contributed by atoms with E-state index in [2.05, 4.69) is 0 Å². The van der Waals surface area contributed by atoms with E-state index in [0.29, 0.717) is 19.4 Å². The maximum Gasteiger partial charge on any atom is 0.143 e. The molecule has 1 saturated heterocycles. The number of hydrogen-bond donors (Lipinski definition) is 2. The number of methoxy groups -OCH3 is 1. The number of hydrogen-bond acceptors (Lipinski definition) is 4. The minimum absolute atomic E-state index is 0.156. The first-order valence-electron chi connectivity index (χ1n) is 4.22. The van der Waals surface area contributed by atoms with E-state index in [0.717, 1.165) is 0 Å². The highest BCUT2D eigenvalue weighted by atomic mass is 16.6. The minimum Gasteiger partial charge on any atom is -0.393 e. The van der Waals surface area contributed by atoms with E-state index in [4.69, 9.17) is 9.47 Å². The Morgan fingerprint density at radius 1 is 1.42 bits per heavy atom. The van der Waals surface area contributed by atoms with E-state index in [-0.39, 0.29) is 6.10 Å². The predicted octanol–water partition coefficient (Wildman–Crippen LogP) is -0.714. The lowest BCUT2D eigenvalue weighted by Gasteiger charge is -2.34. The summed E-state index contributed by atoms with van der Waals surface area (Å²) in [6.07, 6.45) is -0.227. The average molecular weight is 174 g/mol. The normalized spacial score (nSPS) is 52.8. The Kier molecular flexibility index (Phi) is 1.88. The summed E-state index contributed by atoms with van der Waals surface area (Å²) in [6, 6.07) is 0. The van der Waals surface area contributed by atoms with Crippen LogP contribution in [0.2, 0.25) is 0 Å². The van der Waals surface area contributed by atoms with Gasteiger partial charge in [0.2, 0.25) is 0 Å². The molecule has 4 nitrogen and oxygen atoms in total. The first-order valence-corrected chi connectivity index (χ1v) is 4.22. The van der Waals surface area contributed by atoms with E-state index in [9.17, 15) is 10.2 Å². The van der Waals surface area contributed by atoms with Gasteiger partial charge in [0.25, 0.3) is 0 Å². The second-order valence-electron chi connectivity index (χ2n) is 3.61. The third-order valence-corrected chi connectivity index (χ3v) is 2.85. The van der Waals surface area contributed by atoms with Crippen molar-refractivity contribution in [1.82, 2.24) is 0 Å². The molecule has 2 rings (SSSR count). The summed E-state index contributed by atoms with van der Waals surface area (Å²) >= 11 is 0. The van der Waals surface area contributed by atoms with Crippen molar-refractivity contribution < 1.29 is 19.7 Å². The van der Waals surface area contributed by atoms with Gasteiger partial charge in [0.1, 0.15) is 5.60 Å². The van der Waals surface area contributed by atoms with Gasteiger partial charge in [0.15, 0.2) is 0 Å². The van der Waals surface area contributed by atoms with Crippen molar-refractivity contribution in [3.63, 3.8) is 0 Å². The topological polar surface area (TPSA) is 62.2 Å². The Morgan fingerprint density at radius 2 is 2.08 bits per heavy atom. The zero-order valence-corrected chi connectivity index (χ0v) is 7.06. The molecular weight excluding hydrogens is 160 g/mol. The van der Waals surface area contributed by atoms with Crippen LogP contribution in [0.5, 0.6) is 0 Å². The summed E-state index contributed by atoms with van der Waals surface area (Å²) in [5.41, 5.74) is -0.492. The molecule has 0 radical (unpaired) electrons. The molecule has 4 atom stereocenters. The van der Waals surface area contributed by atoms with Crippen molar-refractivity contribution >= 4 is 0 Å². The number of ether oxygens (including phenoxy) is 2. The average Bonchev–Trinajstić information content (AvgIpc) is 2.78. The van der Waals surface area contributed by atoms with Crippen LogP contribution in [0.3, 0.4) is 0 Å². The quantitative estimate of drug-likeness (QED) is 0.515. The van der Waals surface area contributed by atoms with Crippen LogP contribution in [0.15, 0.2) is 0 Å². The molecule has 0 amide bonds. The fourth-order valence-corrected chi connectivity index (χ4v) is 1.97. The highest BCUT2D eigenvalue weighted by Gasteiger charge is 2.60. The lowest BCUT2D eigenvalue weighted by molar-refractivity contribution is -0.101. The summed E-state index contributed by atoms with van der Waals surface area (Å²) in [5, 5.41) is 19.0. The second kappa shape index (κ2) is 2.67. The lowest BCUT2D eigenvalue weighted by Crippen LogP contribution is -2.50. The van der Waals surface area contributed by atoms with Gasteiger partial charge < -0.3 is 19.7 Å². The molecular formula is C8H14O4. The lowest BCUT2D eigenvalue weighted by atomic mass is 9.82. The number of epoxide rings is 1. The molecule has 0 aromatic rings. The fraction of sp³-hybridized carbons (Fsp3) is 1.00. The molecule has 1 saturated carbocycles. The molecule has 1 heterocycles. The predicted molar refractivity (Wildman–Crippen MR) is 40.7 cm³/mol. The molecule has 0 aromatic carbocycles. The van der Waals surface area contributed by atoms with E-state index in [1.807, 2.05) is 0 Å².